The van der Waals surface area contributed by atoms with Crippen molar-refractivity contribution in [3.63, 3.8) is 0 Å². The molecule has 0 radical (unpaired) electrons. The van der Waals surface area contributed by atoms with Gasteiger partial charge in [-0.25, -0.2) is 4.98 Å². The SMILES string of the molecule is CNCc1ncoc1-c1coc(C)c1. The summed E-state index contributed by atoms with van der Waals surface area (Å²) in [7, 11) is 1.87. The van der Waals surface area contributed by atoms with E-state index < -0.39 is 0 Å². The molecule has 2 heterocycles. The van der Waals surface area contributed by atoms with E-state index in [-0.39, 0.29) is 0 Å². The summed E-state index contributed by atoms with van der Waals surface area (Å²) in [5.74, 6) is 1.64. The third-order valence-electron chi connectivity index (χ3n) is 1.98. The Morgan fingerprint density at radius 1 is 1.43 bits per heavy atom. The standard InChI is InChI=1S/C10H12N2O2/c1-7-3-8(5-13-7)10-9(4-11-2)12-6-14-10/h3,5-6,11H,4H2,1-2H3. The lowest BCUT2D eigenvalue weighted by atomic mass is 10.2. The fourth-order valence-corrected chi connectivity index (χ4v) is 1.36. The number of nitrogens with one attached hydrogen (secondary N) is 1. The van der Waals surface area contributed by atoms with Crippen LogP contribution >= 0.6 is 0 Å². The van der Waals surface area contributed by atoms with Gasteiger partial charge < -0.3 is 14.2 Å². The van der Waals surface area contributed by atoms with E-state index in [0.29, 0.717) is 6.54 Å². The fourth-order valence-electron chi connectivity index (χ4n) is 1.36. The van der Waals surface area contributed by atoms with Crippen molar-refractivity contribution >= 4 is 0 Å². The van der Waals surface area contributed by atoms with Crippen LogP contribution in [0.4, 0.5) is 0 Å². The van der Waals surface area contributed by atoms with E-state index in [1.807, 2.05) is 20.0 Å². The second kappa shape index (κ2) is 3.67. The highest BCUT2D eigenvalue weighted by atomic mass is 16.3. The summed E-state index contributed by atoms with van der Waals surface area (Å²) >= 11 is 0. The molecule has 4 heteroatoms. The number of rotatable bonds is 3. The zero-order valence-electron chi connectivity index (χ0n) is 8.20. The molecule has 74 valence electrons. The molecule has 0 aromatic carbocycles. The van der Waals surface area contributed by atoms with Gasteiger partial charge in [-0.2, -0.15) is 0 Å². The first kappa shape index (κ1) is 9.02. The van der Waals surface area contributed by atoms with Crippen molar-refractivity contribution in [2.45, 2.75) is 13.5 Å². The van der Waals surface area contributed by atoms with Crippen LogP contribution in [0.5, 0.6) is 0 Å². The molecule has 4 nitrogen and oxygen atoms in total. The van der Waals surface area contributed by atoms with Gasteiger partial charge in [-0.15, -0.1) is 0 Å². The largest absolute Gasteiger partial charge is 0.469 e. The molecule has 0 spiro atoms. The van der Waals surface area contributed by atoms with Crippen LogP contribution in [-0.2, 0) is 6.54 Å². The summed E-state index contributed by atoms with van der Waals surface area (Å²) in [6.45, 7) is 2.59. The molecular formula is C10H12N2O2. The molecule has 0 saturated carbocycles. The minimum absolute atomic E-state index is 0.691. The van der Waals surface area contributed by atoms with Crippen LogP contribution in [0.25, 0.3) is 11.3 Å². The Bertz CT molecular complexity index is 417. The second-order valence-electron chi connectivity index (χ2n) is 3.10. The third kappa shape index (κ3) is 1.56. The van der Waals surface area contributed by atoms with E-state index >= 15 is 0 Å². The van der Waals surface area contributed by atoms with Gasteiger partial charge >= 0.3 is 0 Å². The van der Waals surface area contributed by atoms with Crippen LogP contribution in [0.15, 0.2) is 27.6 Å². The lowest BCUT2D eigenvalue weighted by molar-refractivity contribution is 0.531. The predicted molar refractivity (Wildman–Crippen MR) is 51.7 cm³/mol. The zero-order valence-corrected chi connectivity index (χ0v) is 8.20. The molecule has 0 aliphatic rings. The molecule has 2 aromatic rings. The van der Waals surface area contributed by atoms with E-state index in [9.17, 15) is 0 Å². The van der Waals surface area contributed by atoms with E-state index in [1.165, 1.54) is 6.39 Å². The van der Waals surface area contributed by atoms with E-state index in [0.717, 1.165) is 22.8 Å². The smallest absolute Gasteiger partial charge is 0.181 e. The Morgan fingerprint density at radius 3 is 2.93 bits per heavy atom. The molecule has 0 aliphatic carbocycles. The third-order valence-corrected chi connectivity index (χ3v) is 1.98. The normalized spacial score (nSPS) is 10.7. The predicted octanol–water partition coefficient (Wildman–Crippen LogP) is 1.96. The Hall–Kier alpha value is -1.55. The summed E-state index contributed by atoms with van der Waals surface area (Å²) < 4.78 is 10.5. The molecule has 0 fully saturated rings. The molecule has 0 atom stereocenters. The lowest BCUT2D eigenvalue weighted by Crippen LogP contribution is -2.06. The van der Waals surface area contributed by atoms with E-state index in [1.54, 1.807) is 6.26 Å². The highest BCUT2D eigenvalue weighted by Gasteiger charge is 2.11. The minimum atomic E-state index is 0.691. The first-order valence-corrected chi connectivity index (χ1v) is 4.43. The van der Waals surface area contributed by atoms with Crippen LogP contribution in [0, 0.1) is 6.92 Å². The molecule has 2 rings (SSSR count). The van der Waals surface area contributed by atoms with Crippen molar-refractivity contribution in [1.82, 2.24) is 10.3 Å². The van der Waals surface area contributed by atoms with Crippen molar-refractivity contribution < 1.29 is 8.83 Å². The summed E-state index contributed by atoms with van der Waals surface area (Å²) in [4.78, 5) is 4.12. The van der Waals surface area contributed by atoms with Gasteiger partial charge in [0.2, 0.25) is 0 Å². The number of oxazole rings is 1. The minimum Gasteiger partial charge on any atom is -0.469 e. The van der Waals surface area contributed by atoms with Gasteiger partial charge in [0.25, 0.3) is 0 Å². The second-order valence-corrected chi connectivity index (χ2v) is 3.10. The first-order chi connectivity index (χ1) is 6.81. The number of aromatic nitrogens is 1. The van der Waals surface area contributed by atoms with Crippen molar-refractivity contribution in [3.05, 3.63) is 30.2 Å². The first-order valence-electron chi connectivity index (χ1n) is 4.43. The van der Waals surface area contributed by atoms with Crippen LogP contribution in [0.3, 0.4) is 0 Å². The van der Waals surface area contributed by atoms with Gasteiger partial charge in [-0.05, 0) is 20.0 Å². The molecule has 0 aliphatic heterocycles. The monoisotopic (exact) mass is 192 g/mol. The van der Waals surface area contributed by atoms with Crippen LogP contribution in [0.2, 0.25) is 0 Å². The van der Waals surface area contributed by atoms with Crippen LogP contribution < -0.4 is 5.32 Å². The maximum Gasteiger partial charge on any atom is 0.181 e. The van der Waals surface area contributed by atoms with Gasteiger partial charge in [0.15, 0.2) is 12.2 Å². The van der Waals surface area contributed by atoms with Crippen molar-refractivity contribution in [2.75, 3.05) is 7.05 Å². The maximum absolute atomic E-state index is 5.31. The Kier molecular flexibility index (Phi) is 2.37. The van der Waals surface area contributed by atoms with Crippen molar-refractivity contribution in [2.24, 2.45) is 0 Å². The zero-order chi connectivity index (χ0) is 9.97. The van der Waals surface area contributed by atoms with Crippen LogP contribution in [-0.4, -0.2) is 12.0 Å². The maximum atomic E-state index is 5.31. The summed E-state index contributed by atoms with van der Waals surface area (Å²) in [6, 6.07) is 1.93. The molecular weight excluding hydrogens is 180 g/mol. The van der Waals surface area contributed by atoms with Gasteiger partial charge in [-0.3, -0.25) is 0 Å². The molecule has 0 unspecified atom stereocenters. The number of hydrogen-bond acceptors (Lipinski definition) is 4. The van der Waals surface area contributed by atoms with E-state index in [4.69, 9.17) is 8.83 Å². The number of nitrogens with zero attached hydrogens (tertiary/aromatic N) is 1. The van der Waals surface area contributed by atoms with Crippen molar-refractivity contribution in [3.8, 4) is 11.3 Å². The molecule has 1 N–H and O–H groups in total. The fraction of sp³-hybridized carbons (Fsp3) is 0.300. The summed E-state index contributed by atoms with van der Waals surface area (Å²) in [5.41, 5.74) is 1.83. The topological polar surface area (TPSA) is 51.2 Å². The molecule has 2 aromatic heterocycles. The van der Waals surface area contributed by atoms with Gasteiger partial charge in [-0.1, -0.05) is 0 Å². The summed E-state index contributed by atoms with van der Waals surface area (Å²) in [5, 5.41) is 3.03. The quantitative estimate of drug-likeness (QED) is 0.807. The van der Waals surface area contributed by atoms with Crippen molar-refractivity contribution in [1.29, 1.82) is 0 Å². The van der Waals surface area contributed by atoms with Crippen LogP contribution in [0.1, 0.15) is 11.5 Å². The number of furan rings is 1. The average Bonchev–Trinajstić information content (AvgIpc) is 2.74. The van der Waals surface area contributed by atoms with Gasteiger partial charge in [0.05, 0.1) is 5.56 Å². The summed E-state index contributed by atoms with van der Waals surface area (Å²) in [6.07, 6.45) is 3.12. The van der Waals surface area contributed by atoms with Gasteiger partial charge in [0, 0.05) is 6.54 Å². The lowest BCUT2D eigenvalue weighted by Gasteiger charge is -1.95. The highest BCUT2D eigenvalue weighted by Crippen LogP contribution is 2.24. The molecule has 0 amide bonds. The molecule has 14 heavy (non-hydrogen) atoms. The van der Waals surface area contributed by atoms with E-state index in [2.05, 4.69) is 10.3 Å². The molecule has 0 saturated heterocycles. The highest BCUT2D eigenvalue weighted by molar-refractivity contribution is 5.58. The number of hydrogen-bond donors (Lipinski definition) is 1. The number of aryl methyl sites for hydroxylation is 1. The Morgan fingerprint density at radius 2 is 2.29 bits per heavy atom. The average molecular weight is 192 g/mol. The van der Waals surface area contributed by atoms with Gasteiger partial charge in [0.1, 0.15) is 17.7 Å². The Balaban J connectivity index is 2.36. The molecule has 0 bridgehead atoms. The Labute approximate surface area is 81.9 Å².